The minimum atomic E-state index is -4.07. The highest BCUT2D eigenvalue weighted by Crippen LogP contribution is 2.44. The van der Waals surface area contributed by atoms with Crippen LogP contribution < -0.4 is 5.32 Å². The van der Waals surface area contributed by atoms with Crippen molar-refractivity contribution in [3.8, 4) is 0 Å². The largest absolute Gasteiger partial charge is 0.356 e. The fourth-order valence-corrected chi connectivity index (χ4v) is 5.05. The van der Waals surface area contributed by atoms with E-state index < -0.39 is 40.2 Å². The predicted octanol–water partition coefficient (Wildman–Crippen LogP) is 1.53. The van der Waals surface area contributed by atoms with Crippen LogP contribution in [0.2, 0.25) is 0 Å². The van der Waals surface area contributed by atoms with Crippen molar-refractivity contribution in [1.82, 2.24) is 9.62 Å². The van der Waals surface area contributed by atoms with E-state index in [9.17, 15) is 22.0 Å². The third-order valence-electron chi connectivity index (χ3n) is 4.48. The van der Waals surface area contributed by atoms with Gasteiger partial charge in [-0.25, -0.2) is 17.2 Å². The van der Waals surface area contributed by atoms with Crippen LogP contribution in [0.4, 0.5) is 8.78 Å². The number of carbonyl (C=O) groups excluding carboxylic acids is 1. The normalized spacial score (nSPS) is 28.0. The van der Waals surface area contributed by atoms with E-state index in [0.717, 1.165) is 9.87 Å². The zero-order chi connectivity index (χ0) is 16.9. The van der Waals surface area contributed by atoms with E-state index in [1.807, 2.05) is 0 Å². The first-order valence-corrected chi connectivity index (χ1v) is 8.82. The van der Waals surface area contributed by atoms with Crippen molar-refractivity contribution in [2.45, 2.75) is 30.6 Å². The Bertz CT molecular complexity index is 751. The van der Waals surface area contributed by atoms with Gasteiger partial charge < -0.3 is 5.32 Å². The highest BCUT2D eigenvalue weighted by atomic mass is 32.2. The van der Waals surface area contributed by atoms with Crippen LogP contribution in [-0.4, -0.2) is 44.2 Å². The molecule has 0 aliphatic carbocycles. The van der Waals surface area contributed by atoms with Crippen LogP contribution in [0.25, 0.3) is 0 Å². The lowest BCUT2D eigenvalue weighted by Gasteiger charge is -2.41. The number of alkyl halides is 2. The van der Waals surface area contributed by atoms with Gasteiger partial charge in [0.1, 0.15) is 0 Å². The van der Waals surface area contributed by atoms with Gasteiger partial charge >= 0.3 is 0 Å². The number of nitrogens with zero attached hydrogens (tertiary/aromatic N) is 1. The van der Waals surface area contributed by atoms with Crippen molar-refractivity contribution < 1.29 is 22.0 Å². The van der Waals surface area contributed by atoms with Gasteiger partial charge in [0.05, 0.1) is 16.9 Å². The zero-order valence-corrected chi connectivity index (χ0v) is 13.5. The molecule has 23 heavy (non-hydrogen) atoms. The maximum Gasteiger partial charge on any atom is 0.262 e. The van der Waals surface area contributed by atoms with Crippen molar-refractivity contribution in [3.05, 3.63) is 29.8 Å². The van der Waals surface area contributed by atoms with Gasteiger partial charge in [-0.1, -0.05) is 12.1 Å². The Kier molecular flexibility index (Phi) is 3.72. The molecule has 0 unspecified atom stereocenters. The van der Waals surface area contributed by atoms with E-state index in [-0.39, 0.29) is 17.9 Å². The number of benzene rings is 1. The van der Waals surface area contributed by atoms with Crippen molar-refractivity contribution in [3.63, 3.8) is 0 Å². The summed E-state index contributed by atoms with van der Waals surface area (Å²) in [6, 6.07) is 6.14. The number of nitrogens with one attached hydrogen (secondary N) is 1. The Morgan fingerprint density at radius 2 is 2.00 bits per heavy atom. The summed E-state index contributed by atoms with van der Waals surface area (Å²) >= 11 is 0. The number of halogens is 2. The molecular formula is C15H18F2N2O3S. The molecule has 2 saturated heterocycles. The minimum absolute atomic E-state index is 0.0243. The SMILES string of the molecule is Cc1cccc(S(=O)(=O)N2CC(F)(F)C[C@]3(CCNC3=O)C2)c1. The summed E-state index contributed by atoms with van der Waals surface area (Å²) in [5, 5.41) is 2.54. The number of amides is 1. The smallest absolute Gasteiger partial charge is 0.262 e. The summed E-state index contributed by atoms with van der Waals surface area (Å²) in [5.41, 5.74) is -0.610. The third kappa shape index (κ3) is 2.85. The van der Waals surface area contributed by atoms with Crippen molar-refractivity contribution in [2.24, 2.45) is 5.41 Å². The van der Waals surface area contributed by atoms with Crippen molar-refractivity contribution in [2.75, 3.05) is 19.6 Å². The maximum atomic E-state index is 14.2. The molecule has 1 atom stereocenters. The molecular weight excluding hydrogens is 326 g/mol. The zero-order valence-electron chi connectivity index (χ0n) is 12.7. The van der Waals surface area contributed by atoms with Gasteiger partial charge in [0.25, 0.3) is 5.92 Å². The molecule has 0 saturated carbocycles. The second-order valence-electron chi connectivity index (χ2n) is 6.41. The number of aryl methyl sites for hydroxylation is 1. The highest BCUT2D eigenvalue weighted by Gasteiger charge is 2.57. The fraction of sp³-hybridized carbons (Fsp3) is 0.533. The molecule has 1 aromatic rings. The van der Waals surface area contributed by atoms with Gasteiger partial charge in [-0.3, -0.25) is 4.79 Å². The first-order valence-electron chi connectivity index (χ1n) is 7.38. The van der Waals surface area contributed by atoms with Gasteiger partial charge in [-0.05, 0) is 31.0 Å². The van der Waals surface area contributed by atoms with Crippen LogP contribution >= 0.6 is 0 Å². The van der Waals surface area contributed by atoms with E-state index in [2.05, 4.69) is 5.32 Å². The summed E-state index contributed by atoms with van der Waals surface area (Å²) in [6.07, 6.45) is -0.382. The van der Waals surface area contributed by atoms with Gasteiger partial charge in [0, 0.05) is 19.5 Å². The number of piperidine rings is 1. The van der Waals surface area contributed by atoms with Gasteiger partial charge in [0.2, 0.25) is 15.9 Å². The van der Waals surface area contributed by atoms with Gasteiger partial charge in [-0.2, -0.15) is 4.31 Å². The van der Waals surface area contributed by atoms with E-state index >= 15 is 0 Å². The van der Waals surface area contributed by atoms with E-state index in [1.54, 1.807) is 19.1 Å². The van der Waals surface area contributed by atoms with Crippen molar-refractivity contribution >= 4 is 15.9 Å². The molecule has 8 heteroatoms. The Hall–Kier alpha value is -1.54. The lowest BCUT2D eigenvalue weighted by molar-refractivity contribution is -0.142. The summed E-state index contributed by atoms with van der Waals surface area (Å²) in [7, 11) is -4.07. The molecule has 1 spiro atoms. The lowest BCUT2D eigenvalue weighted by Crippen LogP contribution is -2.56. The molecule has 2 aliphatic heterocycles. The average molecular weight is 344 g/mol. The topological polar surface area (TPSA) is 66.5 Å². The summed E-state index contributed by atoms with van der Waals surface area (Å²) in [5.74, 6) is -3.71. The molecule has 2 fully saturated rings. The third-order valence-corrected chi connectivity index (χ3v) is 6.27. The number of sulfonamides is 1. The molecule has 0 aromatic heterocycles. The number of rotatable bonds is 2. The molecule has 2 aliphatic rings. The van der Waals surface area contributed by atoms with E-state index in [1.165, 1.54) is 12.1 Å². The first kappa shape index (κ1) is 16.3. The second kappa shape index (κ2) is 5.24. The number of carbonyl (C=O) groups is 1. The molecule has 1 amide bonds. The fourth-order valence-electron chi connectivity index (χ4n) is 3.39. The van der Waals surface area contributed by atoms with Crippen LogP contribution in [0.3, 0.4) is 0 Å². The van der Waals surface area contributed by atoms with Crippen LogP contribution in [0, 0.1) is 12.3 Å². The first-order chi connectivity index (χ1) is 10.6. The molecule has 2 heterocycles. The van der Waals surface area contributed by atoms with Crippen LogP contribution in [0.15, 0.2) is 29.2 Å². The van der Waals surface area contributed by atoms with Crippen LogP contribution in [0.5, 0.6) is 0 Å². The van der Waals surface area contributed by atoms with Gasteiger partial charge in [0.15, 0.2) is 0 Å². The Balaban J connectivity index is 2.00. The molecule has 1 N–H and O–H groups in total. The summed E-state index contributed by atoms with van der Waals surface area (Å²) in [4.78, 5) is 12.0. The molecule has 1 aromatic carbocycles. The van der Waals surface area contributed by atoms with Crippen molar-refractivity contribution in [1.29, 1.82) is 0 Å². The maximum absolute atomic E-state index is 14.2. The Labute approximate surface area is 133 Å². The molecule has 0 bridgehead atoms. The molecule has 3 rings (SSSR count). The van der Waals surface area contributed by atoms with Gasteiger partial charge in [-0.15, -0.1) is 0 Å². The Morgan fingerprint density at radius 1 is 1.26 bits per heavy atom. The summed E-state index contributed by atoms with van der Waals surface area (Å²) < 4.78 is 54.6. The Morgan fingerprint density at radius 3 is 2.61 bits per heavy atom. The van der Waals surface area contributed by atoms with E-state index in [0.29, 0.717) is 6.54 Å². The van der Waals surface area contributed by atoms with E-state index in [4.69, 9.17) is 0 Å². The predicted molar refractivity (Wildman–Crippen MR) is 79.6 cm³/mol. The second-order valence-corrected chi connectivity index (χ2v) is 8.35. The highest BCUT2D eigenvalue weighted by molar-refractivity contribution is 7.89. The van der Waals surface area contributed by atoms with Crippen LogP contribution in [-0.2, 0) is 14.8 Å². The number of hydrogen-bond donors (Lipinski definition) is 1. The minimum Gasteiger partial charge on any atom is -0.356 e. The lowest BCUT2D eigenvalue weighted by atomic mass is 9.78. The average Bonchev–Trinajstić information content (AvgIpc) is 2.77. The van der Waals surface area contributed by atoms with Crippen LogP contribution in [0.1, 0.15) is 18.4 Å². The monoisotopic (exact) mass is 344 g/mol. The standard InChI is InChI=1S/C15H18F2N2O3S/c1-11-3-2-4-12(7-11)23(21,22)19-9-14(5-6-18-13(14)20)8-15(16,17)10-19/h2-4,7H,5-6,8-10H2,1H3,(H,18,20)/t14-/m1/s1. The quantitative estimate of drug-likeness (QED) is 0.885. The molecule has 126 valence electrons. The molecule has 0 radical (unpaired) electrons. The number of hydrogen-bond acceptors (Lipinski definition) is 3. The summed E-state index contributed by atoms with van der Waals surface area (Å²) in [6.45, 7) is 0.936. The molecule has 5 nitrogen and oxygen atoms in total.